The van der Waals surface area contributed by atoms with Crippen molar-refractivity contribution in [2.45, 2.75) is 33.2 Å². The van der Waals surface area contributed by atoms with Crippen LogP contribution in [-0.4, -0.2) is 18.3 Å². The average molecular weight is 267 g/mol. The standard InChI is InChI=1S/C14H18FNO3/c1-3-19-13-6-5-11(8-12(13)15)9-16-14(18)7-4-10(2)17/h5-6,8H,3-4,7,9H2,1-2H3,(H,16,18). The molecule has 0 spiro atoms. The summed E-state index contributed by atoms with van der Waals surface area (Å²) in [4.78, 5) is 22.1. The lowest BCUT2D eigenvalue weighted by molar-refractivity contribution is -0.124. The normalized spacial score (nSPS) is 10.1. The highest BCUT2D eigenvalue weighted by Crippen LogP contribution is 2.18. The van der Waals surface area contributed by atoms with Crippen LogP contribution < -0.4 is 10.1 Å². The van der Waals surface area contributed by atoms with Crippen molar-refractivity contribution in [2.24, 2.45) is 0 Å². The summed E-state index contributed by atoms with van der Waals surface area (Å²) in [5.74, 6) is -0.488. The first-order chi connectivity index (χ1) is 9.02. The number of halogens is 1. The van der Waals surface area contributed by atoms with Crippen LogP contribution in [0.3, 0.4) is 0 Å². The third-order valence-electron chi connectivity index (χ3n) is 2.49. The van der Waals surface area contributed by atoms with Crippen molar-refractivity contribution < 1.29 is 18.7 Å². The van der Waals surface area contributed by atoms with Gasteiger partial charge in [0.25, 0.3) is 0 Å². The van der Waals surface area contributed by atoms with E-state index in [9.17, 15) is 14.0 Å². The largest absolute Gasteiger partial charge is 0.491 e. The number of amides is 1. The Morgan fingerprint density at radius 1 is 1.32 bits per heavy atom. The monoisotopic (exact) mass is 267 g/mol. The molecule has 0 bridgehead atoms. The van der Waals surface area contributed by atoms with E-state index >= 15 is 0 Å². The molecule has 104 valence electrons. The first-order valence-electron chi connectivity index (χ1n) is 6.20. The molecule has 1 rings (SSSR count). The predicted octanol–water partition coefficient (Wildman–Crippen LogP) is 2.21. The van der Waals surface area contributed by atoms with Crippen molar-refractivity contribution in [3.63, 3.8) is 0 Å². The highest BCUT2D eigenvalue weighted by atomic mass is 19.1. The quantitative estimate of drug-likeness (QED) is 0.824. The molecule has 0 aliphatic carbocycles. The number of nitrogens with one attached hydrogen (secondary N) is 1. The molecule has 0 aromatic heterocycles. The Kier molecular flexibility index (Phi) is 5.99. The summed E-state index contributed by atoms with van der Waals surface area (Å²) in [6, 6.07) is 4.56. The molecule has 1 aromatic carbocycles. The molecule has 5 heteroatoms. The van der Waals surface area contributed by atoms with Gasteiger partial charge in [-0.05, 0) is 31.5 Å². The Hall–Kier alpha value is -1.91. The maximum atomic E-state index is 13.5. The third-order valence-corrected chi connectivity index (χ3v) is 2.49. The first-order valence-corrected chi connectivity index (χ1v) is 6.20. The van der Waals surface area contributed by atoms with E-state index in [1.54, 1.807) is 13.0 Å². The minimum absolute atomic E-state index is 0.0257. The zero-order valence-electron chi connectivity index (χ0n) is 11.2. The Morgan fingerprint density at radius 2 is 2.05 bits per heavy atom. The van der Waals surface area contributed by atoms with E-state index in [0.717, 1.165) is 0 Å². The van der Waals surface area contributed by atoms with Crippen LogP contribution in [0.2, 0.25) is 0 Å². The lowest BCUT2D eigenvalue weighted by atomic mass is 10.2. The zero-order chi connectivity index (χ0) is 14.3. The van der Waals surface area contributed by atoms with Gasteiger partial charge in [-0.1, -0.05) is 6.07 Å². The van der Waals surface area contributed by atoms with E-state index in [1.807, 2.05) is 0 Å². The smallest absolute Gasteiger partial charge is 0.220 e. The molecule has 0 aliphatic rings. The fraction of sp³-hybridized carbons (Fsp3) is 0.429. The lowest BCUT2D eigenvalue weighted by Gasteiger charge is -2.08. The summed E-state index contributed by atoms with van der Waals surface area (Å²) in [6.45, 7) is 3.86. The fourth-order valence-electron chi connectivity index (χ4n) is 1.51. The highest BCUT2D eigenvalue weighted by molar-refractivity contribution is 5.83. The molecule has 0 saturated heterocycles. The maximum Gasteiger partial charge on any atom is 0.220 e. The first kappa shape index (κ1) is 15.1. The Balaban J connectivity index is 2.47. The molecule has 0 radical (unpaired) electrons. The van der Waals surface area contributed by atoms with Gasteiger partial charge in [-0.25, -0.2) is 4.39 Å². The van der Waals surface area contributed by atoms with Crippen molar-refractivity contribution in [1.82, 2.24) is 5.32 Å². The second-order valence-corrected chi connectivity index (χ2v) is 4.18. The molecule has 0 atom stereocenters. The maximum absolute atomic E-state index is 13.5. The van der Waals surface area contributed by atoms with Gasteiger partial charge >= 0.3 is 0 Å². The SMILES string of the molecule is CCOc1ccc(CNC(=O)CCC(C)=O)cc1F. The molecule has 1 N–H and O–H groups in total. The van der Waals surface area contributed by atoms with Gasteiger partial charge in [-0.15, -0.1) is 0 Å². The minimum Gasteiger partial charge on any atom is -0.491 e. The van der Waals surface area contributed by atoms with E-state index in [4.69, 9.17) is 4.74 Å². The summed E-state index contributed by atoms with van der Waals surface area (Å²) in [5, 5.41) is 2.63. The summed E-state index contributed by atoms with van der Waals surface area (Å²) in [7, 11) is 0. The van der Waals surface area contributed by atoms with Crippen molar-refractivity contribution in [3.05, 3.63) is 29.6 Å². The number of hydrogen-bond acceptors (Lipinski definition) is 3. The molecule has 0 unspecified atom stereocenters. The highest BCUT2D eigenvalue weighted by Gasteiger charge is 2.06. The van der Waals surface area contributed by atoms with Gasteiger partial charge in [0.2, 0.25) is 5.91 Å². The number of carbonyl (C=O) groups is 2. The molecule has 1 amide bonds. The van der Waals surface area contributed by atoms with Crippen molar-refractivity contribution in [1.29, 1.82) is 0 Å². The number of carbonyl (C=O) groups excluding carboxylic acids is 2. The van der Waals surface area contributed by atoms with Crippen LogP contribution in [0.1, 0.15) is 32.3 Å². The van der Waals surface area contributed by atoms with Crippen molar-refractivity contribution in [2.75, 3.05) is 6.61 Å². The average Bonchev–Trinajstić information content (AvgIpc) is 2.37. The third kappa shape index (κ3) is 5.50. The molecule has 1 aromatic rings. The second-order valence-electron chi connectivity index (χ2n) is 4.18. The van der Waals surface area contributed by atoms with Crippen LogP contribution in [0, 0.1) is 5.82 Å². The van der Waals surface area contributed by atoms with Crippen molar-refractivity contribution >= 4 is 11.7 Å². The zero-order valence-corrected chi connectivity index (χ0v) is 11.2. The van der Waals surface area contributed by atoms with Gasteiger partial charge in [0, 0.05) is 19.4 Å². The molecular formula is C14H18FNO3. The van der Waals surface area contributed by atoms with Crippen LogP contribution >= 0.6 is 0 Å². The number of benzene rings is 1. The topological polar surface area (TPSA) is 55.4 Å². The number of hydrogen-bond donors (Lipinski definition) is 1. The fourth-order valence-corrected chi connectivity index (χ4v) is 1.51. The van der Waals surface area contributed by atoms with Crippen molar-refractivity contribution in [3.8, 4) is 5.75 Å². The molecule has 0 heterocycles. The lowest BCUT2D eigenvalue weighted by Crippen LogP contribution is -2.23. The van der Waals surface area contributed by atoms with E-state index in [1.165, 1.54) is 19.1 Å². The summed E-state index contributed by atoms with van der Waals surface area (Å²) in [5.41, 5.74) is 0.650. The second kappa shape index (κ2) is 7.51. The molecule has 0 saturated carbocycles. The number of rotatable bonds is 7. The van der Waals surface area contributed by atoms with Gasteiger partial charge in [-0.2, -0.15) is 0 Å². The van der Waals surface area contributed by atoms with Crippen LogP contribution in [0.5, 0.6) is 5.75 Å². The predicted molar refractivity (Wildman–Crippen MR) is 69.3 cm³/mol. The van der Waals surface area contributed by atoms with Crippen LogP contribution in [0.15, 0.2) is 18.2 Å². The molecule has 4 nitrogen and oxygen atoms in total. The molecule has 19 heavy (non-hydrogen) atoms. The molecule has 0 fully saturated rings. The van der Waals surface area contributed by atoms with E-state index in [0.29, 0.717) is 12.2 Å². The molecule has 0 aliphatic heterocycles. The van der Waals surface area contributed by atoms with Gasteiger partial charge in [0.1, 0.15) is 5.78 Å². The van der Waals surface area contributed by atoms with Gasteiger partial charge in [0.05, 0.1) is 6.61 Å². The van der Waals surface area contributed by atoms with E-state index in [-0.39, 0.29) is 36.8 Å². The van der Waals surface area contributed by atoms with Gasteiger partial charge in [-0.3, -0.25) is 4.79 Å². The molecular weight excluding hydrogens is 249 g/mol. The van der Waals surface area contributed by atoms with Gasteiger partial charge in [0.15, 0.2) is 11.6 Å². The summed E-state index contributed by atoms with van der Waals surface area (Å²) >= 11 is 0. The Labute approximate surface area is 112 Å². The Bertz CT molecular complexity index is 460. The number of Topliss-reactive ketones (excluding diaryl/α,β-unsaturated/α-hetero) is 1. The summed E-state index contributed by atoms with van der Waals surface area (Å²) < 4.78 is 18.6. The Morgan fingerprint density at radius 3 is 2.63 bits per heavy atom. The van der Waals surface area contributed by atoms with E-state index < -0.39 is 5.82 Å². The van der Waals surface area contributed by atoms with E-state index in [2.05, 4.69) is 5.32 Å². The van der Waals surface area contributed by atoms with Crippen LogP contribution in [-0.2, 0) is 16.1 Å². The summed E-state index contributed by atoms with van der Waals surface area (Å²) in [6.07, 6.45) is 0.387. The van der Waals surface area contributed by atoms with Crippen LogP contribution in [0.25, 0.3) is 0 Å². The number of ether oxygens (including phenoxy) is 1. The minimum atomic E-state index is -0.447. The van der Waals surface area contributed by atoms with Crippen LogP contribution in [0.4, 0.5) is 4.39 Å². The van der Waals surface area contributed by atoms with Gasteiger partial charge < -0.3 is 14.8 Å². The number of ketones is 1.